The first kappa shape index (κ1) is 20.2. The molecular formula is C25H28N2O3. The molecule has 3 atom stereocenters. The fourth-order valence-corrected chi connectivity index (χ4v) is 4.46. The zero-order valence-electron chi connectivity index (χ0n) is 17.9. The van der Waals surface area contributed by atoms with Crippen molar-refractivity contribution >= 4 is 23.1 Å². The lowest BCUT2D eigenvalue weighted by molar-refractivity contribution is -0.151. The van der Waals surface area contributed by atoms with Crippen molar-refractivity contribution in [2.24, 2.45) is 11.8 Å². The highest BCUT2D eigenvalue weighted by molar-refractivity contribution is 6.11. The number of hydrogen-bond donors (Lipinski definition) is 2. The Bertz CT molecular complexity index is 1010. The van der Waals surface area contributed by atoms with Crippen LogP contribution >= 0.6 is 0 Å². The summed E-state index contributed by atoms with van der Waals surface area (Å²) in [5, 5.41) is 7.03. The molecule has 2 N–H and O–H groups in total. The Balaban J connectivity index is 1.84. The number of methoxy groups -OCH3 is 1. The fourth-order valence-electron chi connectivity index (χ4n) is 4.46. The van der Waals surface area contributed by atoms with Crippen LogP contribution in [-0.2, 0) is 14.3 Å². The van der Waals surface area contributed by atoms with Gasteiger partial charge in [-0.1, -0.05) is 57.2 Å². The number of ketones is 1. The minimum Gasteiger partial charge on any atom is -0.468 e. The van der Waals surface area contributed by atoms with Gasteiger partial charge in [0.15, 0.2) is 5.78 Å². The van der Waals surface area contributed by atoms with E-state index in [0.29, 0.717) is 17.9 Å². The van der Waals surface area contributed by atoms with E-state index in [4.69, 9.17) is 4.74 Å². The third kappa shape index (κ3) is 3.49. The largest absolute Gasteiger partial charge is 0.468 e. The maximum atomic E-state index is 13.6. The molecule has 0 saturated heterocycles. The van der Waals surface area contributed by atoms with Crippen LogP contribution in [0.1, 0.15) is 50.3 Å². The fraction of sp³-hybridized carbons (Fsp3) is 0.360. The predicted molar refractivity (Wildman–Crippen MR) is 118 cm³/mol. The summed E-state index contributed by atoms with van der Waals surface area (Å²) < 4.78 is 4.96. The van der Waals surface area contributed by atoms with Crippen molar-refractivity contribution < 1.29 is 14.3 Å². The molecule has 0 unspecified atom stereocenters. The summed E-state index contributed by atoms with van der Waals surface area (Å²) in [5.74, 6) is -1.11. The number of nitrogens with one attached hydrogen (secondary N) is 2. The normalized spacial score (nSPS) is 23.1. The van der Waals surface area contributed by atoms with E-state index >= 15 is 0 Å². The van der Waals surface area contributed by atoms with E-state index in [0.717, 1.165) is 22.6 Å². The molecule has 5 nitrogen and oxygen atoms in total. The lowest BCUT2D eigenvalue weighted by Gasteiger charge is -2.32. The first-order valence-electron chi connectivity index (χ1n) is 10.5. The summed E-state index contributed by atoms with van der Waals surface area (Å²) in [6.07, 6.45) is 0.609. The minimum atomic E-state index is -0.781. The topological polar surface area (TPSA) is 67.4 Å². The Morgan fingerprint density at radius 2 is 1.73 bits per heavy atom. The van der Waals surface area contributed by atoms with Gasteiger partial charge in [-0.15, -0.1) is 0 Å². The maximum Gasteiger partial charge on any atom is 0.316 e. The van der Waals surface area contributed by atoms with E-state index in [-0.39, 0.29) is 17.7 Å². The van der Waals surface area contributed by atoms with Gasteiger partial charge in [0, 0.05) is 11.3 Å². The van der Waals surface area contributed by atoms with Crippen molar-refractivity contribution in [3.8, 4) is 0 Å². The molecule has 2 aliphatic rings. The van der Waals surface area contributed by atoms with E-state index in [9.17, 15) is 9.59 Å². The zero-order chi connectivity index (χ0) is 21.4. The molecule has 0 fully saturated rings. The number of anilines is 2. The summed E-state index contributed by atoms with van der Waals surface area (Å²) in [4.78, 5) is 26.0. The van der Waals surface area contributed by atoms with Crippen LogP contribution < -0.4 is 10.6 Å². The third-order valence-electron chi connectivity index (χ3n) is 6.16. The van der Waals surface area contributed by atoms with Crippen LogP contribution in [0.2, 0.25) is 0 Å². The standard InChI is InChI=1S/C25H28N2O3/c1-14(2)16-9-11-17(12-10-16)23-22-20(26-18-7-5-6-8-19(18)27-23)13-15(3)21(24(22)28)25(29)30-4/h5-12,14-15,21,23,26-27H,13H2,1-4H3/t15-,21+,23+/m1/s1. The molecule has 4 rings (SSSR count). The average Bonchev–Trinajstić information content (AvgIpc) is 2.90. The number of allylic oxidation sites excluding steroid dienone is 1. The van der Waals surface area contributed by atoms with Gasteiger partial charge in [-0.25, -0.2) is 0 Å². The van der Waals surface area contributed by atoms with E-state index in [1.165, 1.54) is 12.7 Å². The Hall–Kier alpha value is -3.08. The zero-order valence-corrected chi connectivity index (χ0v) is 17.9. The number of ether oxygens (including phenoxy) is 1. The SMILES string of the molecule is COC(=O)[C@@H]1C(=O)C2=C(C[C@H]1C)Nc1ccccc1N[C@H]2c1ccc(C(C)C)cc1. The van der Waals surface area contributed by atoms with Gasteiger partial charge in [0.1, 0.15) is 5.92 Å². The third-order valence-corrected chi connectivity index (χ3v) is 6.16. The van der Waals surface area contributed by atoms with Gasteiger partial charge in [0.05, 0.1) is 24.5 Å². The number of hydrogen-bond acceptors (Lipinski definition) is 5. The number of benzene rings is 2. The molecule has 0 spiro atoms. The number of rotatable bonds is 3. The minimum absolute atomic E-state index is 0.134. The molecule has 2 aromatic rings. The predicted octanol–water partition coefficient (Wildman–Crippen LogP) is 5.04. The summed E-state index contributed by atoms with van der Waals surface area (Å²) in [6.45, 7) is 6.25. The second kappa shape index (κ2) is 7.98. The van der Waals surface area contributed by atoms with Crippen LogP contribution in [0.3, 0.4) is 0 Å². The molecule has 5 heteroatoms. The van der Waals surface area contributed by atoms with Crippen molar-refractivity contribution in [3.05, 3.63) is 70.9 Å². The highest BCUT2D eigenvalue weighted by Gasteiger charge is 2.44. The van der Waals surface area contributed by atoms with Gasteiger partial charge in [-0.2, -0.15) is 0 Å². The monoisotopic (exact) mass is 404 g/mol. The Morgan fingerprint density at radius 1 is 1.07 bits per heavy atom. The molecule has 0 amide bonds. The quantitative estimate of drug-likeness (QED) is 0.554. The van der Waals surface area contributed by atoms with Gasteiger partial charge in [0.25, 0.3) is 0 Å². The van der Waals surface area contributed by atoms with E-state index < -0.39 is 11.9 Å². The van der Waals surface area contributed by atoms with Gasteiger partial charge < -0.3 is 15.4 Å². The molecule has 0 saturated carbocycles. The van der Waals surface area contributed by atoms with E-state index in [1.807, 2.05) is 31.2 Å². The second-order valence-corrected chi connectivity index (χ2v) is 8.51. The van der Waals surface area contributed by atoms with Gasteiger partial charge >= 0.3 is 5.97 Å². The number of fused-ring (bicyclic) bond motifs is 1. The molecule has 1 heterocycles. The molecule has 1 aliphatic heterocycles. The molecule has 1 aliphatic carbocycles. The molecule has 0 radical (unpaired) electrons. The number of esters is 1. The molecule has 156 valence electrons. The van der Waals surface area contributed by atoms with Crippen LogP contribution in [0.5, 0.6) is 0 Å². The lowest BCUT2D eigenvalue weighted by atomic mass is 9.74. The van der Waals surface area contributed by atoms with Crippen LogP contribution in [0.25, 0.3) is 0 Å². The number of carbonyl (C=O) groups is 2. The smallest absolute Gasteiger partial charge is 0.316 e. The number of carbonyl (C=O) groups excluding carboxylic acids is 2. The first-order valence-corrected chi connectivity index (χ1v) is 10.5. The number of Topliss-reactive ketones (excluding diaryl/α,β-unsaturated/α-hetero) is 1. The van der Waals surface area contributed by atoms with E-state index in [2.05, 4.69) is 48.7 Å². The summed E-state index contributed by atoms with van der Waals surface area (Å²) in [7, 11) is 1.34. The van der Waals surface area contributed by atoms with Crippen molar-refractivity contribution in [1.29, 1.82) is 0 Å². The van der Waals surface area contributed by atoms with Crippen LogP contribution in [0, 0.1) is 11.8 Å². The van der Waals surface area contributed by atoms with Gasteiger partial charge in [-0.3, -0.25) is 9.59 Å². The molecule has 0 aromatic heterocycles. The van der Waals surface area contributed by atoms with Gasteiger partial charge in [0.2, 0.25) is 0 Å². The molecule has 0 bridgehead atoms. The lowest BCUT2D eigenvalue weighted by Crippen LogP contribution is -2.39. The first-order chi connectivity index (χ1) is 14.4. The summed E-state index contributed by atoms with van der Waals surface area (Å²) in [5.41, 5.74) is 5.61. The number of para-hydroxylation sites is 2. The molecule has 30 heavy (non-hydrogen) atoms. The Kier molecular flexibility index (Phi) is 5.37. The summed E-state index contributed by atoms with van der Waals surface area (Å²) in [6, 6.07) is 16.0. The van der Waals surface area contributed by atoms with Crippen LogP contribution in [-0.4, -0.2) is 18.9 Å². The average molecular weight is 405 g/mol. The van der Waals surface area contributed by atoms with E-state index in [1.54, 1.807) is 0 Å². The van der Waals surface area contributed by atoms with Crippen molar-refractivity contribution in [2.75, 3.05) is 17.7 Å². The Labute approximate surface area is 177 Å². The highest BCUT2D eigenvalue weighted by atomic mass is 16.5. The van der Waals surface area contributed by atoms with Crippen molar-refractivity contribution in [3.63, 3.8) is 0 Å². The maximum absolute atomic E-state index is 13.6. The second-order valence-electron chi connectivity index (χ2n) is 8.51. The Morgan fingerprint density at radius 3 is 2.37 bits per heavy atom. The van der Waals surface area contributed by atoms with Crippen molar-refractivity contribution in [2.45, 2.75) is 39.2 Å². The van der Waals surface area contributed by atoms with Gasteiger partial charge in [-0.05, 0) is 41.5 Å². The van der Waals surface area contributed by atoms with Crippen molar-refractivity contribution in [1.82, 2.24) is 0 Å². The summed E-state index contributed by atoms with van der Waals surface area (Å²) >= 11 is 0. The van der Waals surface area contributed by atoms with Crippen LogP contribution in [0.15, 0.2) is 59.8 Å². The van der Waals surface area contributed by atoms with Crippen LogP contribution in [0.4, 0.5) is 11.4 Å². The molecular weight excluding hydrogens is 376 g/mol. The highest BCUT2D eigenvalue weighted by Crippen LogP contribution is 2.43. The molecule has 2 aromatic carbocycles.